The van der Waals surface area contributed by atoms with Gasteiger partial charge in [-0.25, -0.2) is 4.57 Å². The third-order valence-electron chi connectivity index (χ3n) is 15.4. The summed E-state index contributed by atoms with van der Waals surface area (Å²) in [4.78, 5) is 23.4. The Hall–Kier alpha value is -1.02. The first-order chi connectivity index (χ1) is 36.5. The fraction of sp³-hybridized carbons (Fsp3) is 0.924. The minimum atomic E-state index is -4.35. The van der Waals surface area contributed by atoms with E-state index < -0.39 is 20.0 Å². The molecule has 0 rings (SSSR count). The maximum absolute atomic E-state index is 13.0. The third-order valence-corrected chi connectivity index (χ3v) is 16.4. The lowest BCUT2D eigenvalue weighted by Crippen LogP contribution is -2.45. The zero-order chi connectivity index (χ0) is 54.9. The number of amides is 1. The molecule has 0 aromatic rings. The van der Waals surface area contributed by atoms with Crippen LogP contribution < -0.4 is 5.32 Å². The van der Waals surface area contributed by atoms with E-state index in [4.69, 9.17) is 9.05 Å². The van der Waals surface area contributed by atoms with Crippen molar-refractivity contribution in [1.82, 2.24) is 5.32 Å². The van der Waals surface area contributed by atoms with Crippen molar-refractivity contribution in [1.29, 1.82) is 0 Å². The second kappa shape index (κ2) is 57.7. The molecule has 0 aliphatic heterocycles. The molecule has 0 aliphatic rings. The number of carbonyl (C=O) groups excluding carboxylic acids is 1. The largest absolute Gasteiger partial charge is 0.472 e. The molecular formula is C66H132N2O6P+. The molecule has 0 fully saturated rings. The summed E-state index contributed by atoms with van der Waals surface area (Å²) in [5.41, 5.74) is 0. The van der Waals surface area contributed by atoms with Gasteiger partial charge in [0.25, 0.3) is 0 Å². The van der Waals surface area contributed by atoms with E-state index in [1.165, 1.54) is 289 Å². The van der Waals surface area contributed by atoms with E-state index in [9.17, 15) is 19.4 Å². The zero-order valence-corrected chi connectivity index (χ0v) is 52.0. The Bertz CT molecular complexity index is 1270. The smallest absolute Gasteiger partial charge is 0.387 e. The van der Waals surface area contributed by atoms with Crippen LogP contribution in [0.4, 0.5) is 0 Å². The molecule has 0 aromatic carbocycles. The molecule has 0 heterocycles. The summed E-state index contributed by atoms with van der Waals surface area (Å²) in [7, 11) is 1.59. The van der Waals surface area contributed by atoms with E-state index in [-0.39, 0.29) is 19.1 Å². The maximum atomic E-state index is 13.0. The molecule has 0 saturated carbocycles. The van der Waals surface area contributed by atoms with Crippen LogP contribution in [-0.4, -0.2) is 73.4 Å². The first-order valence-electron chi connectivity index (χ1n) is 33.2. The summed E-state index contributed by atoms with van der Waals surface area (Å²) in [5.74, 6) is -0.170. The van der Waals surface area contributed by atoms with Crippen LogP contribution in [0.3, 0.4) is 0 Å². The number of nitrogens with zero attached hydrogens (tertiary/aromatic N) is 1. The Morgan fingerprint density at radius 2 is 0.720 bits per heavy atom. The number of rotatable bonds is 62. The zero-order valence-electron chi connectivity index (χ0n) is 51.1. The molecule has 0 aliphatic carbocycles. The molecule has 0 spiro atoms. The molecule has 0 radical (unpaired) electrons. The van der Waals surface area contributed by atoms with E-state index in [1.807, 2.05) is 27.2 Å². The standard InChI is InChI=1S/C66H131N2O6P/c1-6-8-10-12-14-16-18-20-22-24-26-28-29-30-31-32-33-34-35-36-37-38-39-40-42-44-46-48-50-52-54-56-58-60-66(70)67-64(63-74-75(71,72)73-62-61-68(3,4)5)65(69)59-57-55-53-51-49-47-45-43-41-27-25-23-21-19-17-15-13-11-9-7-2/h30-31,57,59,64-65,69H,6-29,32-56,58,60-63H2,1-5H3,(H-,67,70,71,72)/p+1/b31-30-,59-57+. The number of phosphoric ester groups is 1. The lowest BCUT2D eigenvalue weighted by Gasteiger charge is -2.25. The van der Waals surface area contributed by atoms with Gasteiger partial charge in [0.1, 0.15) is 13.2 Å². The number of nitrogens with one attached hydrogen (secondary N) is 1. The minimum Gasteiger partial charge on any atom is -0.387 e. The quantitative estimate of drug-likeness (QED) is 0.0243. The van der Waals surface area contributed by atoms with Crippen molar-refractivity contribution in [3.63, 3.8) is 0 Å². The Balaban J connectivity index is 4.02. The van der Waals surface area contributed by atoms with Crippen molar-refractivity contribution >= 4 is 13.7 Å². The number of aliphatic hydroxyl groups excluding tert-OH is 1. The SMILES string of the molecule is CCCCCCCCCCCCCC/C=C\CCCCCCCCCCCCCCCCCCCC(=O)NC(COP(=O)(O)OCC[N+](C)(C)C)C(O)/C=C/CCCCCCCCCCCCCCCCCCCC. The molecule has 8 nitrogen and oxygen atoms in total. The van der Waals surface area contributed by atoms with Gasteiger partial charge in [-0.3, -0.25) is 13.8 Å². The van der Waals surface area contributed by atoms with Crippen LogP contribution in [0.15, 0.2) is 24.3 Å². The summed E-state index contributed by atoms with van der Waals surface area (Å²) in [6.45, 7) is 4.87. The third kappa shape index (κ3) is 60.5. The van der Waals surface area contributed by atoms with Crippen LogP contribution in [0.5, 0.6) is 0 Å². The van der Waals surface area contributed by atoms with Gasteiger partial charge in [0, 0.05) is 6.42 Å². The average Bonchev–Trinajstić information content (AvgIpc) is 3.37. The molecule has 0 bridgehead atoms. The number of allylic oxidation sites excluding steroid dienone is 3. The second-order valence-corrected chi connectivity index (χ2v) is 25.7. The Kier molecular flexibility index (Phi) is 56.9. The lowest BCUT2D eigenvalue weighted by molar-refractivity contribution is -0.870. The highest BCUT2D eigenvalue weighted by Crippen LogP contribution is 2.43. The van der Waals surface area contributed by atoms with Gasteiger partial charge in [-0.2, -0.15) is 0 Å². The van der Waals surface area contributed by atoms with E-state index in [1.54, 1.807) is 6.08 Å². The number of phosphoric acid groups is 1. The summed E-state index contributed by atoms with van der Waals surface area (Å²) >= 11 is 0. The van der Waals surface area contributed by atoms with Gasteiger partial charge in [0.15, 0.2) is 0 Å². The first kappa shape index (κ1) is 74.0. The summed E-state index contributed by atoms with van der Waals surface area (Å²) in [6, 6.07) is -0.845. The molecular weight excluding hydrogens is 948 g/mol. The minimum absolute atomic E-state index is 0.0641. The van der Waals surface area contributed by atoms with Crippen LogP contribution in [0.25, 0.3) is 0 Å². The van der Waals surface area contributed by atoms with Crippen molar-refractivity contribution in [2.45, 2.75) is 353 Å². The van der Waals surface area contributed by atoms with Gasteiger partial charge in [0.05, 0.1) is 39.9 Å². The molecule has 3 unspecified atom stereocenters. The van der Waals surface area contributed by atoms with E-state index in [0.29, 0.717) is 17.4 Å². The van der Waals surface area contributed by atoms with Crippen molar-refractivity contribution in [2.24, 2.45) is 0 Å². The Morgan fingerprint density at radius 3 is 1.03 bits per heavy atom. The second-order valence-electron chi connectivity index (χ2n) is 24.2. The summed E-state index contributed by atoms with van der Waals surface area (Å²) < 4.78 is 23.8. The van der Waals surface area contributed by atoms with Crippen LogP contribution in [-0.2, 0) is 18.4 Å². The van der Waals surface area contributed by atoms with Gasteiger partial charge in [-0.15, -0.1) is 0 Å². The van der Waals surface area contributed by atoms with Crippen molar-refractivity contribution in [3.05, 3.63) is 24.3 Å². The van der Waals surface area contributed by atoms with Crippen molar-refractivity contribution in [3.8, 4) is 0 Å². The highest BCUT2D eigenvalue weighted by Gasteiger charge is 2.28. The highest BCUT2D eigenvalue weighted by atomic mass is 31.2. The highest BCUT2D eigenvalue weighted by molar-refractivity contribution is 7.47. The van der Waals surface area contributed by atoms with Gasteiger partial charge in [0.2, 0.25) is 5.91 Å². The number of likely N-dealkylation sites (N-methyl/N-ethyl adjacent to an activating group) is 1. The number of hydrogen-bond donors (Lipinski definition) is 3. The van der Waals surface area contributed by atoms with Gasteiger partial charge < -0.3 is 19.8 Å². The molecule has 3 N–H and O–H groups in total. The summed E-state index contributed by atoms with van der Waals surface area (Å²) in [5, 5.41) is 14.0. The number of quaternary nitrogens is 1. The van der Waals surface area contributed by atoms with Crippen LogP contribution in [0, 0.1) is 0 Å². The van der Waals surface area contributed by atoms with Crippen molar-refractivity contribution < 1.29 is 32.9 Å². The predicted octanol–water partition coefficient (Wildman–Crippen LogP) is 20.7. The summed E-state index contributed by atoms with van der Waals surface area (Å²) in [6.07, 6.45) is 74.6. The fourth-order valence-electron chi connectivity index (χ4n) is 10.2. The van der Waals surface area contributed by atoms with Crippen LogP contribution >= 0.6 is 7.82 Å². The molecule has 0 saturated heterocycles. The number of hydrogen-bond acceptors (Lipinski definition) is 5. The average molecular weight is 1080 g/mol. The van der Waals surface area contributed by atoms with E-state index >= 15 is 0 Å². The normalized spacial score (nSPS) is 13.9. The molecule has 446 valence electrons. The maximum Gasteiger partial charge on any atom is 0.472 e. The molecule has 75 heavy (non-hydrogen) atoms. The van der Waals surface area contributed by atoms with E-state index in [2.05, 4.69) is 31.3 Å². The Labute approximate surface area is 468 Å². The van der Waals surface area contributed by atoms with E-state index in [0.717, 1.165) is 32.1 Å². The predicted molar refractivity (Wildman–Crippen MR) is 328 cm³/mol. The number of carbonyl (C=O) groups is 1. The molecule has 1 amide bonds. The van der Waals surface area contributed by atoms with Crippen LogP contribution in [0.2, 0.25) is 0 Å². The number of unbranched alkanes of at least 4 members (excludes halogenated alkanes) is 47. The van der Waals surface area contributed by atoms with Gasteiger partial charge >= 0.3 is 7.82 Å². The Morgan fingerprint density at radius 1 is 0.440 bits per heavy atom. The molecule has 0 aromatic heterocycles. The lowest BCUT2D eigenvalue weighted by atomic mass is 10.0. The topological polar surface area (TPSA) is 105 Å². The van der Waals surface area contributed by atoms with Gasteiger partial charge in [-0.1, -0.05) is 314 Å². The van der Waals surface area contributed by atoms with Crippen molar-refractivity contribution in [2.75, 3.05) is 40.9 Å². The fourth-order valence-corrected chi connectivity index (χ4v) is 11.0. The molecule has 3 atom stereocenters. The van der Waals surface area contributed by atoms with Gasteiger partial charge in [-0.05, 0) is 44.9 Å². The van der Waals surface area contributed by atoms with Crippen LogP contribution in [0.1, 0.15) is 341 Å². The monoisotopic (exact) mass is 1080 g/mol. The first-order valence-corrected chi connectivity index (χ1v) is 34.7. The molecule has 9 heteroatoms. The number of aliphatic hydroxyl groups is 1.